The van der Waals surface area contributed by atoms with Gasteiger partial charge in [-0.25, -0.2) is 18.4 Å². The molecule has 1 aliphatic rings. The maximum Gasteiger partial charge on any atom is 0.490 e. The quantitative estimate of drug-likeness (QED) is 0.0797. The molecule has 34 heteroatoms. The van der Waals surface area contributed by atoms with Crippen molar-refractivity contribution in [3.05, 3.63) is 164 Å². The third-order valence-corrected chi connectivity index (χ3v) is 16.2. The Morgan fingerprint density at radius 1 is 0.531 bits per heavy atom. The highest BCUT2D eigenvalue weighted by atomic mass is 32.2. The topological polar surface area (TPSA) is 400 Å². The standard InChI is InChI=1S/C58H68F2N10O10S2.2C2HF3O2/c1-31-17-41(71)18-32(2)43(31)23-45(61)53(75)67-49-29-81-27-37-7-5-6-8-38(37)28-82-30-50(68-54(76)46(62)24-44-33(3)19-42(72)20-34(44)4)56(78)64-26-52(74)66-48(22-36-11-15-40(60)16-12-36)58(80)70-69-57(79)47(65-51(73)25-63-55(49)77)21-35-9-13-39(59)14-10-35;2*3-2(4,5)1(6)7/h5-20,45-50,71-72H,21-30,61-62H2,1-4H3,(H,63,77)(H,64,78)(H,65,73)(H,66,74)(H,67,75)(H,68,76)(H,69,79)(H,70,80);2*(H,6,7)/t45-,46-,47-,48-,49+,50+;;/m0../s1. The number of aromatic hydroxyl groups is 2. The summed E-state index contributed by atoms with van der Waals surface area (Å²) >= 11 is 2.57. The summed E-state index contributed by atoms with van der Waals surface area (Å²) in [5.41, 5.74) is 24.1. The molecule has 0 aromatic heterocycles. The Morgan fingerprint density at radius 2 is 0.833 bits per heavy atom. The van der Waals surface area contributed by atoms with Crippen molar-refractivity contribution in [3.8, 4) is 11.5 Å². The number of carbonyl (C=O) groups is 10. The van der Waals surface area contributed by atoms with E-state index in [9.17, 15) is 83.7 Å². The summed E-state index contributed by atoms with van der Waals surface area (Å²) in [7, 11) is 0. The molecule has 8 amide bonds. The van der Waals surface area contributed by atoms with Gasteiger partial charge < -0.3 is 63.8 Å². The molecule has 0 fully saturated rings. The molecule has 1 aliphatic heterocycles. The third-order valence-electron chi connectivity index (χ3n) is 14.0. The van der Waals surface area contributed by atoms with Crippen molar-refractivity contribution in [1.29, 1.82) is 0 Å². The average molecular weight is 1400 g/mol. The number of fused-ring (bicyclic) bond motifs is 1. The van der Waals surface area contributed by atoms with Crippen LogP contribution in [0.1, 0.15) is 55.6 Å². The number of carbonyl (C=O) groups excluding carboxylic acids is 8. The molecule has 24 nitrogen and oxygen atoms in total. The molecular formula is C62H70F8N10O14S2. The van der Waals surface area contributed by atoms with E-state index in [-0.39, 0.29) is 48.7 Å². The number of nitrogens with one attached hydrogen (secondary N) is 8. The minimum absolute atomic E-state index is 0.0204. The van der Waals surface area contributed by atoms with Gasteiger partial charge in [-0.3, -0.25) is 49.2 Å². The van der Waals surface area contributed by atoms with Crippen molar-refractivity contribution < 1.29 is 103 Å². The summed E-state index contributed by atoms with van der Waals surface area (Å²) < 4.78 is 91.4. The summed E-state index contributed by atoms with van der Waals surface area (Å²) in [5, 5.41) is 50.0. The predicted octanol–water partition coefficient (Wildman–Crippen LogP) is 3.30. The van der Waals surface area contributed by atoms with Gasteiger partial charge in [0.25, 0.3) is 11.8 Å². The number of thioether (sulfide) groups is 2. The van der Waals surface area contributed by atoms with Gasteiger partial charge in [-0.05, 0) is 145 Å². The van der Waals surface area contributed by atoms with Gasteiger partial charge in [0.15, 0.2) is 0 Å². The highest BCUT2D eigenvalue weighted by Crippen LogP contribution is 2.26. The first-order chi connectivity index (χ1) is 44.9. The second-order valence-electron chi connectivity index (χ2n) is 21.6. The van der Waals surface area contributed by atoms with E-state index in [0.29, 0.717) is 44.9 Å². The van der Waals surface area contributed by atoms with Gasteiger partial charge in [0.1, 0.15) is 47.3 Å². The summed E-state index contributed by atoms with van der Waals surface area (Å²) in [6, 6.07) is 15.9. The molecule has 6 atom stereocenters. The van der Waals surface area contributed by atoms with Crippen LogP contribution in [0.25, 0.3) is 0 Å². The van der Waals surface area contributed by atoms with E-state index < -0.39 is 133 Å². The molecule has 0 radical (unpaired) electrons. The summed E-state index contributed by atoms with van der Waals surface area (Å²) in [5.74, 6) is -12.6. The van der Waals surface area contributed by atoms with Gasteiger partial charge in [0, 0.05) is 35.9 Å². The third kappa shape index (κ3) is 26.7. The van der Waals surface area contributed by atoms with Crippen LogP contribution < -0.4 is 54.2 Å². The lowest BCUT2D eigenvalue weighted by Gasteiger charge is -2.23. The van der Waals surface area contributed by atoms with E-state index >= 15 is 0 Å². The lowest BCUT2D eigenvalue weighted by molar-refractivity contribution is -0.193. The molecule has 0 spiro atoms. The number of hydrazine groups is 1. The van der Waals surface area contributed by atoms with Gasteiger partial charge in [-0.1, -0.05) is 48.5 Å². The van der Waals surface area contributed by atoms with E-state index in [1.165, 1.54) is 47.8 Å². The molecule has 520 valence electrons. The Balaban J connectivity index is 0.00000126. The average Bonchev–Trinajstić information content (AvgIpc) is 0.895. The number of phenols is 2. The number of alkyl halides is 6. The van der Waals surface area contributed by atoms with E-state index in [1.807, 2.05) is 24.3 Å². The fourth-order valence-electron chi connectivity index (χ4n) is 9.05. The summed E-state index contributed by atoms with van der Waals surface area (Å²) in [6.07, 6.45) is -10.5. The number of benzene rings is 5. The number of carboxylic acid groups (broad SMARTS) is 2. The number of rotatable bonds is 12. The Hall–Kier alpha value is -9.54. The minimum atomic E-state index is -5.08. The van der Waals surface area contributed by atoms with Crippen molar-refractivity contribution in [2.75, 3.05) is 24.6 Å². The Bertz CT molecular complexity index is 3320. The fourth-order valence-corrected chi connectivity index (χ4v) is 11.2. The molecule has 6 rings (SSSR count). The molecule has 16 N–H and O–H groups in total. The van der Waals surface area contributed by atoms with Crippen LogP contribution >= 0.6 is 23.5 Å². The summed E-state index contributed by atoms with van der Waals surface area (Å²) in [6.45, 7) is 5.69. The van der Waals surface area contributed by atoms with Gasteiger partial charge in [0.2, 0.25) is 35.4 Å². The zero-order valence-electron chi connectivity index (χ0n) is 51.6. The first-order valence-electron chi connectivity index (χ1n) is 28.7. The Morgan fingerprint density at radius 3 is 1.12 bits per heavy atom. The number of halogens is 8. The second kappa shape index (κ2) is 36.9. The molecule has 0 saturated heterocycles. The lowest BCUT2D eigenvalue weighted by Crippen LogP contribution is -2.59. The van der Waals surface area contributed by atoms with Crippen LogP contribution in [0.2, 0.25) is 0 Å². The predicted molar refractivity (Wildman–Crippen MR) is 335 cm³/mol. The van der Waals surface area contributed by atoms with Crippen molar-refractivity contribution in [1.82, 2.24) is 42.8 Å². The van der Waals surface area contributed by atoms with Crippen LogP contribution in [0.3, 0.4) is 0 Å². The Kier molecular flexibility index (Phi) is 30.4. The number of carboxylic acids is 2. The van der Waals surface area contributed by atoms with Crippen molar-refractivity contribution >= 4 is 82.7 Å². The molecule has 0 saturated carbocycles. The summed E-state index contributed by atoms with van der Waals surface area (Å²) in [4.78, 5) is 129. The van der Waals surface area contributed by atoms with Crippen LogP contribution in [0.4, 0.5) is 35.1 Å². The minimum Gasteiger partial charge on any atom is -0.508 e. The van der Waals surface area contributed by atoms with Gasteiger partial charge in [-0.2, -0.15) is 49.9 Å². The number of nitrogens with two attached hydrogens (primary N) is 2. The first-order valence-corrected chi connectivity index (χ1v) is 31.0. The van der Waals surface area contributed by atoms with Crippen molar-refractivity contribution in [2.45, 2.75) is 113 Å². The van der Waals surface area contributed by atoms with Gasteiger partial charge in [-0.15, -0.1) is 0 Å². The highest BCUT2D eigenvalue weighted by Gasteiger charge is 2.39. The molecule has 5 aromatic rings. The van der Waals surface area contributed by atoms with Crippen molar-refractivity contribution in [2.24, 2.45) is 11.5 Å². The molecule has 96 heavy (non-hydrogen) atoms. The molecule has 5 aromatic carbocycles. The van der Waals surface area contributed by atoms with E-state index in [2.05, 4.69) is 42.8 Å². The number of aliphatic carboxylic acids is 2. The number of aryl methyl sites for hydroxylation is 4. The fraction of sp³-hybridized carbons (Fsp3) is 0.355. The molecule has 0 aliphatic carbocycles. The molecular weight excluding hydrogens is 1320 g/mol. The van der Waals surface area contributed by atoms with E-state index in [1.54, 1.807) is 52.0 Å². The Labute approximate surface area is 552 Å². The van der Waals surface area contributed by atoms with Crippen LogP contribution in [0.5, 0.6) is 11.5 Å². The number of amides is 8. The van der Waals surface area contributed by atoms with Crippen LogP contribution in [-0.2, 0) is 85.1 Å². The second-order valence-corrected chi connectivity index (χ2v) is 23.6. The molecule has 0 bridgehead atoms. The number of hydrogen-bond acceptors (Lipinski definition) is 16. The van der Waals surface area contributed by atoms with Gasteiger partial charge >= 0.3 is 24.3 Å². The first kappa shape index (κ1) is 78.9. The zero-order valence-corrected chi connectivity index (χ0v) is 53.3. The zero-order chi connectivity index (χ0) is 71.8. The normalized spacial score (nSPS) is 18.0. The maximum atomic E-state index is 14.1. The van der Waals surface area contributed by atoms with E-state index in [0.717, 1.165) is 46.5 Å². The van der Waals surface area contributed by atoms with E-state index in [4.69, 9.17) is 31.3 Å². The lowest BCUT2D eigenvalue weighted by atomic mass is 9.96. The maximum absolute atomic E-state index is 14.1. The van der Waals surface area contributed by atoms with Gasteiger partial charge in [0.05, 0.1) is 25.2 Å². The SMILES string of the molecule is Cc1cc(O)cc(C)c1C[C@H](N)C(=O)N[C@@H]1CSCc2ccccc2CSC[C@@H](NC(=O)[C@@H](N)Cc2c(C)cc(O)cc2C)C(=O)NCC(=O)N[C@@H](Cc2ccc(F)cc2)C(=O)NNC(=O)[C@H](Cc2ccc(F)cc2)NC(=O)CNC1=O.O=C(O)C(F)(F)F.O=C(O)C(F)(F)F. The highest BCUT2D eigenvalue weighted by molar-refractivity contribution is 7.99. The van der Waals surface area contributed by atoms with Crippen molar-refractivity contribution in [3.63, 3.8) is 0 Å². The number of phenolic OH excluding ortho intramolecular Hbond substituents is 2. The van der Waals surface area contributed by atoms with Crippen LogP contribution in [0.15, 0.2) is 97.1 Å². The molecule has 1 heterocycles. The monoisotopic (exact) mass is 1390 g/mol. The molecule has 0 unspecified atom stereocenters. The smallest absolute Gasteiger partial charge is 0.490 e. The van der Waals surface area contributed by atoms with Crippen LogP contribution in [-0.4, -0.2) is 153 Å². The number of hydrogen-bond donors (Lipinski definition) is 14. The largest absolute Gasteiger partial charge is 0.508 e. The van der Waals surface area contributed by atoms with Crippen LogP contribution in [0, 0.1) is 39.3 Å².